The molecule has 0 saturated carbocycles. The number of benzene rings is 2. The Morgan fingerprint density at radius 1 is 0.944 bits per heavy atom. The number of halogens is 1. The Morgan fingerprint density at radius 3 is 2.67 bits per heavy atom. The summed E-state index contributed by atoms with van der Waals surface area (Å²) in [5.41, 5.74) is 2.90. The second-order valence-electron chi connectivity index (χ2n) is 4.02. The lowest BCUT2D eigenvalue weighted by Gasteiger charge is -2.09. The highest BCUT2D eigenvalue weighted by atomic mass is 35.5. The first kappa shape index (κ1) is 11.1. The minimum atomic E-state index is 0.716. The summed E-state index contributed by atoms with van der Waals surface area (Å²) in [5.74, 6) is 0. The predicted octanol–water partition coefficient (Wildman–Crippen LogP) is 4.63. The van der Waals surface area contributed by atoms with Gasteiger partial charge < -0.3 is 5.32 Å². The van der Waals surface area contributed by atoms with E-state index in [4.69, 9.17) is 11.6 Å². The number of hydrogen-bond acceptors (Lipinski definition) is 2. The van der Waals surface area contributed by atoms with E-state index in [2.05, 4.69) is 10.3 Å². The SMILES string of the molecule is Clc1cccc(Nc2cccc3cccnc23)c1. The zero-order chi connectivity index (χ0) is 12.4. The van der Waals surface area contributed by atoms with Gasteiger partial charge in [0.05, 0.1) is 11.2 Å². The highest BCUT2D eigenvalue weighted by molar-refractivity contribution is 6.30. The first-order valence-corrected chi connectivity index (χ1v) is 6.07. The molecule has 1 heterocycles. The van der Waals surface area contributed by atoms with Gasteiger partial charge in [0.2, 0.25) is 0 Å². The van der Waals surface area contributed by atoms with E-state index < -0.39 is 0 Å². The van der Waals surface area contributed by atoms with Crippen molar-refractivity contribution in [1.82, 2.24) is 4.98 Å². The summed E-state index contributed by atoms with van der Waals surface area (Å²) in [4.78, 5) is 4.40. The van der Waals surface area contributed by atoms with Crippen LogP contribution in [0, 0.1) is 0 Å². The molecule has 0 aliphatic rings. The number of pyridine rings is 1. The fourth-order valence-corrected chi connectivity index (χ4v) is 2.12. The lowest BCUT2D eigenvalue weighted by molar-refractivity contribution is 1.40. The summed E-state index contributed by atoms with van der Waals surface area (Å²) >= 11 is 5.97. The smallest absolute Gasteiger partial charge is 0.0936 e. The predicted molar refractivity (Wildman–Crippen MR) is 76.5 cm³/mol. The standard InChI is InChI=1S/C15H11ClN2/c16-12-6-2-7-13(10-12)18-14-8-1-4-11-5-3-9-17-15(11)14/h1-10,18H. The van der Waals surface area contributed by atoms with E-state index >= 15 is 0 Å². The van der Waals surface area contributed by atoms with Crippen molar-refractivity contribution in [3.8, 4) is 0 Å². The van der Waals surface area contributed by atoms with E-state index in [1.165, 1.54) is 0 Å². The molecule has 3 rings (SSSR count). The van der Waals surface area contributed by atoms with Crippen LogP contribution in [0.4, 0.5) is 11.4 Å². The highest BCUT2D eigenvalue weighted by Gasteiger charge is 2.02. The van der Waals surface area contributed by atoms with E-state index in [0.717, 1.165) is 22.3 Å². The van der Waals surface area contributed by atoms with Gasteiger partial charge in [0, 0.05) is 22.3 Å². The number of fused-ring (bicyclic) bond motifs is 1. The number of anilines is 2. The van der Waals surface area contributed by atoms with Gasteiger partial charge in [0.15, 0.2) is 0 Å². The first-order chi connectivity index (χ1) is 8.83. The molecular weight excluding hydrogens is 244 g/mol. The van der Waals surface area contributed by atoms with Crippen molar-refractivity contribution in [3.05, 3.63) is 65.8 Å². The third-order valence-corrected chi connectivity index (χ3v) is 2.97. The molecule has 2 nitrogen and oxygen atoms in total. The van der Waals surface area contributed by atoms with Crippen LogP contribution in [0.3, 0.4) is 0 Å². The summed E-state index contributed by atoms with van der Waals surface area (Å²) in [6.45, 7) is 0. The fraction of sp³-hybridized carbons (Fsp3) is 0. The molecule has 0 fully saturated rings. The Morgan fingerprint density at radius 2 is 1.78 bits per heavy atom. The fourth-order valence-electron chi connectivity index (χ4n) is 1.93. The van der Waals surface area contributed by atoms with Gasteiger partial charge in [-0.15, -0.1) is 0 Å². The molecule has 0 atom stereocenters. The van der Waals surface area contributed by atoms with Gasteiger partial charge in [0.25, 0.3) is 0 Å². The molecule has 3 heteroatoms. The third-order valence-electron chi connectivity index (χ3n) is 2.74. The number of nitrogens with one attached hydrogen (secondary N) is 1. The van der Waals surface area contributed by atoms with Crippen molar-refractivity contribution in [3.63, 3.8) is 0 Å². The molecule has 2 aromatic carbocycles. The molecule has 1 N–H and O–H groups in total. The Hall–Kier alpha value is -2.06. The number of para-hydroxylation sites is 1. The number of aromatic nitrogens is 1. The average molecular weight is 255 g/mol. The lowest BCUT2D eigenvalue weighted by atomic mass is 10.2. The summed E-state index contributed by atoms with van der Waals surface area (Å²) in [6, 6.07) is 17.7. The topological polar surface area (TPSA) is 24.9 Å². The minimum Gasteiger partial charge on any atom is -0.354 e. The zero-order valence-electron chi connectivity index (χ0n) is 9.60. The molecule has 0 aliphatic heterocycles. The van der Waals surface area contributed by atoms with Gasteiger partial charge in [-0.2, -0.15) is 0 Å². The van der Waals surface area contributed by atoms with Crippen molar-refractivity contribution in [2.45, 2.75) is 0 Å². The third kappa shape index (κ3) is 2.15. The second-order valence-corrected chi connectivity index (χ2v) is 4.45. The van der Waals surface area contributed by atoms with Crippen LogP contribution < -0.4 is 5.32 Å². The van der Waals surface area contributed by atoms with E-state index in [0.29, 0.717) is 5.02 Å². The maximum absolute atomic E-state index is 5.97. The van der Waals surface area contributed by atoms with Crippen LogP contribution in [0.15, 0.2) is 60.8 Å². The van der Waals surface area contributed by atoms with E-state index in [-0.39, 0.29) is 0 Å². The zero-order valence-corrected chi connectivity index (χ0v) is 10.4. The molecule has 0 unspecified atom stereocenters. The first-order valence-electron chi connectivity index (χ1n) is 5.69. The molecule has 1 aromatic heterocycles. The van der Waals surface area contributed by atoms with Gasteiger partial charge in [-0.3, -0.25) is 4.98 Å². The highest BCUT2D eigenvalue weighted by Crippen LogP contribution is 2.25. The molecule has 0 radical (unpaired) electrons. The summed E-state index contributed by atoms with van der Waals surface area (Å²) < 4.78 is 0. The van der Waals surface area contributed by atoms with Crippen LogP contribution in [0.1, 0.15) is 0 Å². The van der Waals surface area contributed by atoms with Gasteiger partial charge in [0.1, 0.15) is 0 Å². The van der Waals surface area contributed by atoms with Crippen LogP contribution in [-0.2, 0) is 0 Å². The number of rotatable bonds is 2. The van der Waals surface area contributed by atoms with Crippen molar-refractivity contribution in [2.24, 2.45) is 0 Å². The van der Waals surface area contributed by atoms with Crippen LogP contribution in [0.2, 0.25) is 5.02 Å². The Balaban J connectivity index is 2.05. The number of nitrogens with zero attached hydrogens (tertiary/aromatic N) is 1. The van der Waals surface area contributed by atoms with Crippen LogP contribution in [0.25, 0.3) is 10.9 Å². The maximum Gasteiger partial charge on any atom is 0.0936 e. The molecule has 3 aromatic rings. The monoisotopic (exact) mass is 254 g/mol. The molecule has 0 spiro atoms. The molecule has 0 aliphatic carbocycles. The van der Waals surface area contributed by atoms with Crippen molar-refractivity contribution in [1.29, 1.82) is 0 Å². The minimum absolute atomic E-state index is 0.716. The van der Waals surface area contributed by atoms with Crippen LogP contribution in [-0.4, -0.2) is 4.98 Å². The Kier molecular flexibility index (Phi) is 2.87. The number of hydrogen-bond donors (Lipinski definition) is 1. The molecule has 0 amide bonds. The average Bonchev–Trinajstić information content (AvgIpc) is 2.39. The van der Waals surface area contributed by atoms with Crippen molar-refractivity contribution >= 4 is 33.9 Å². The second kappa shape index (κ2) is 4.67. The quantitative estimate of drug-likeness (QED) is 0.721. The Labute approximate surface area is 110 Å². The summed E-state index contributed by atoms with van der Waals surface area (Å²) in [6.07, 6.45) is 1.80. The largest absolute Gasteiger partial charge is 0.354 e. The van der Waals surface area contributed by atoms with E-state index in [1.807, 2.05) is 54.6 Å². The molecule has 0 saturated heterocycles. The van der Waals surface area contributed by atoms with Crippen molar-refractivity contribution in [2.75, 3.05) is 5.32 Å². The van der Waals surface area contributed by atoms with Crippen LogP contribution in [0.5, 0.6) is 0 Å². The van der Waals surface area contributed by atoms with E-state index in [1.54, 1.807) is 6.20 Å². The van der Waals surface area contributed by atoms with Gasteiger partial charge in [-0.25, -0.2) is 0 Å². The van der Waals surface area contributed by atoms with Gasteiger partial charge in [-0.05, 0) is 30.3 Å². The molecule has 18 heavy (non-hydrogen) atoms. The normalized spacial score (nSPS) is 10.5. The summed E-state index contributed by atoms with van der Waals surface area (Å²) in [7, 11) is 0. The molecule has 88 valence electrons. The van der Waals surface area contributed by atoms with Gasteiger partial charge in [-0.1, -0.05) is 35.9 Å². The molecule has 0 bridgehead atoms. The maximum atomic E-state index is 5.97. The van der Waals surface area contributed by atoms with Crippen LogP contribution >= 0.6 is 11.6 Å². The van der Waals surface area contributed by atoms with Gasteiger partial charge >= 0.3 is 0 Å². The molecular formula is C15H11ClN2. The Bertz CT molecular complexity index is 689. The van der Waals surface area contributed by atoms with E-state index in [9.17, 15) is 0 Å². The lowest BCUT2D eigenvalue weighted by Crippen LogP contribution is -1.92. The summed E-state index contributed by atoms with van der Waals surface area (Å²) in [5, 5.41) is 5.17. The van der Waals surface area contributed by atoms with Crippen molar-refractivity contribution < 1.29 is 0 Å².